The molecule has 18 heavy (non-hydrogen) atoms. The Hall–Kier alpha value is -1.05. The minimum atomic E-state index is 0.543. The van der Waals surface area contributed by atoms with Crippen molar-refractivity contribution >= 4 is 15.9 Å². The summed E-state index contributed by atoms with van der Waals surface area (Å²) in [6.45, 7) is 1.50. The number of nitriles is 1. The van der Waals surface area contributed by atoms with E-state index in [1.807, 2.05) is 6.07 Å². The van der Waals surface area contributed by atoms with Crippen LogP contribution in [0.25, 0.3) is 0 Å². The average Bonchev–Trinajstić information content (AvgIpc) is 3.18. The minimum Gasteiger partial charge on any atom is -0.492 e. The maximum absolute atomic E-state index is 8.44. The van der Waals surface area contributed by atoms with Gasteiger partial charge in [-0.2, -0.15) is 5.26 Å². The third-order valence-electron chi connectivity index (χ3n) is 2.86. The van der Waals surface area contributed by atoms with E-state index >= 15 is 0 Å². The molecular formula is C14H17BrN2O. The number of rotatable bonds is 7. The molecule has 0 amide bonds. The number of nitrogens with zero attached hydrogens (tertiary/aromatic N) is 1. The van der Waals surface area contributed by atoms with Gasteiger partial charge in [0, 0.05) is 19.0 Å². The van der Waals surface area contributed by atoms with Crippen LogP contribution in [0.3, 0.4) is 0 Å². The highest BCUT2D eigenvalue weighted by atomic mass is 79.9. The van der Waals surface area contributed by atoms with E-state index in [1.54, 1.807) is 0 Å². The lowest BCUT2D eigenvalue weighted by Crippen LogP contribution is -2.15. The molecule has 1 aliphatic rings. The molecule has 2 rings (SSSR count). The summed E-state index contributed by atoms with van der Waals surface area (Å²) in [5.41, 5.74) is 1.26. The zero-order valence-corrected chi connectivity index (χ0v) is 11.9. The van der Waals surface area contributed by atoms with Crippen LogP contribution in [0.15, 0.2) is 22.7 Å². The SMILES string of the molecule is N#CCCCOc1ccc(CNC2CC2)cc1Br. The standard InChI is InChI=1S/C14H17BrN2O/c15-13-9-11(10-17-12-4-5-12)3-6-14(13)18-8-2-1-7-16/h3,6,9,12,17H,1-2,4-5,8,10H2. The first-order valence-corrected chi connectivity index (χ1v) is 7.10. The predicted octanol–water partition coefficient (Wildman–Crippen LogP) is 3.38. The molecule has 1 aromatic carbocycles. The molecule has 1 aliphatic carbocycles. The van der Waals surface area contributed by atoms with Gasteiger partial charge in [0.15, 0.2) is 0 Å². The Labute approximate surface area is 116 Å². The Bertz CT molecular complexity index is 438. The zero-order valence-electron chi connectivity index (χ0n) is 10.3. The zero-order chi connectivity index (χ0) is 12.8. The number of unbranched alkanes of at least 4 members (excludes halogenated alkanes) is 1. The summed E-state index contributed by atoms with van der Waals surface area (Å²) in [6.07, 6.45) is 3.93. The molecule has 0 heterocycles. The van der Waals surface area contributed by atoms with Crippen molar-refractivity contribution in [2.45, 2.75) is 38.3 Å². The summed E-state index contributed by atoms with van der Waals surface area (Å²) >= 11 is 3.52. The second-order valence-electron chi connectivity index (χ2n) is 4.53. The second-order valence-corrected chi connectivity index (χ2v) is 5.38. The van der Waals surface area contributed by atoms with E-state index in [0.717, 1.165) is 29.2 Å². The Morgan fingerprint density at radius 3 is 2.94 bits per heavy atom. The van der Waals surface area contributed by atoms with Gasteiger partial charge in [0.1, 0.15) is 5.75 Å². The monoisotopic (exact) mass is 308 g/mol. The van der Waals surface area contributed by atoms with Crippen LogP contribution in [-0.2, 0) is 6.54 Å². The number of benzene rings is 1. The fourth-order valence-corrected chi connectivity index (χ4v) is 2.20. The second kappa shape index (κ2) is 6.77. The summed E-state index contributed by atoms with van der Waals surface area (Å²) in [5, 5.41) is 11.9. The maximum atomic E-state index is 8.44. The van der Waals surface area contributed by atoms with Crippen molar-refractivity contribution in [2.24, 2.45) is 0 Å². The van der Waals surface area contributed by atoms with Gasteiger partial charge in [-0.25, -0.2) is 0 Å². The normalized spacial score (nSPS) is 14.2. The minimum absolute atomic E-state index is 0.543. The van der Waals surface area contributed by atoms with E-state index < -0.39 is 0 Å². The predicted molar refractivity (Wildman–Crippen MR) is 74.3 cm³/mol. The Kier molecular flexibility index (Phi) is 5.03. The van der Waals surface area contributed by atoms with Crippen LogP contribution >= 0.6 is 15.9 Å². The van der Waals surface area contributed by atoms with Crippen molar-refractivity contribution in [1.29, 1.82) is 5.26 Å². The number of hydrogen-bond donors (Lipinski definition) is 1. The number of hydrogen-bond acceptors (Lipinski definition) is 3. The summed E-state index contributed by atoms with van der Waals surface area (Å²) in [7, 11) is 0. The van der Waals surface area contributed by atoms with Crippen molar-refractivity contribution < 1.29 is 4.74 Å². The molecule has 96 valence electrons. The van der Waals surface area contributed by atoms with Gasteiger partial charge < -0.3 is 10.1 Å². The first-order chi connectivity index (χ1) is 8.79. The van der Waals surface area contributed by atoms with Crippen molar-refractivity contribution in [1.82, 2.24) is 5.32 Å². The third kappa shape index (κ3) is 4.32. The van der Waals surface area contributed by atoms with E-state index in [0.29, 0.717) is 13.0 Å². The van der Waals surface area contributed by atoms with Crippen molar-refractivity contribution in [3.63, 3.8) is 0 Å². The smallest absolute Gasteiger partial charge is 0.133 e. The van der Waals surface area contributed by atoms with Crippen LogP contribution in [0, 0.1) is 11.3 Å². The molecule has 0 aromatic heterocycles. The topological polar surface area (TPSA) is 45.0 Å². The lowest BCUT2D eigenvalue weighted by Gasteiger charge is -2.09. The van der Waals surface area contributed by atoms with Crippen molar-refractivity contribution in [2.75, 3.05) is 6.61 Å². The summed E-state index contributed by atoms with van der Waals surface area (Å²) < 4.78 is 6.59. The molecule has 3 nitrogen and oxygen atoms in total. The highest BCUT2D eigenvalue weighted by molar-refractivity contribution is 9.10. The van der Waals surface area contributed by atoms with Gasteiger partial charge >= 0.3 is 0 Å². The Morgan fingerprint density at radius 2 is 2.28 bits per heavy atom. The van der Waals surface area contributed by atoms with Crippen molar-refractivity contribution in [3.05, 3.63) is 28.2 Å². The molecule has 1 N–H and O–H groups in total. The lowest BCUT2D eigenvalue weighted by atomic mass is 10.2. The van der Waals surface area contributed by atoms with Crippen LogP contribution in [0.2, 0.25) is 0 Å². The van der Waals surface area contributed by atoms with Gasteiger partial charge in [0.25, 0.3) is 0 Å². The molecule has 0 radical (unpaired) electrons. The molecule has 0 atom stereocenters. The molecule has 0 bridgehead atoms. The molecule has 0 spiro atoms. The van der Waals surface area contributed by atoms with Gasteiger partial charge in [-0.3, -0.25) is 0 Å². The highest BCUT2D eigenvalue weighted by Crippen LogP contribution is 2.27. The number of halogens is 1. The highest BCUT2D eigenvalue weighted by Gasteiger charge is 2.19. The molecule has 0 saturated heterocycles. The van der Waals surface area contributed by atoms with Crippen molar-refractivity contribution in [3.8, 4) is 11.8 Å². The van der Waals surface area contributed by atoms with Gasteiger partial charge in [-0.15, -0.1) is 0 Å². The van der Waals surface area contributed by atoms with Gasteiger partial charge in [0.05, 0.1) is 17.1 Å². The molecular weight excluding hydrogens is 292 g/mol. The Balaban J connectivity index is 1.82. The largest absolute Gasteiger partial charge is 0.492 e. The third-order valence-corrected chi connectivity index (χ3v) is 3.48. The van der Waals surface area contributed by atoms with E-state index in [-0.39, 0.29) is 0 Å². The first-order valence-electron chi connectivity index (χ1n) is 6.31. The fourth-order valence-electron chi connectivity index (χ4n) is 1.65. The van der Waals surface area contributed by atoms with E-state index in [9.17, 15) is 0 Å². The maximum Gasteiger partial charge on any atom is 0.133 e. The molecule has 0 aliphatic heterocycles. The summed E-state index contributed by atoms with van der Waals surface area (Å²) in [4.78, 5) is 0. The van der Waals surface area contributed by atoms with E-state index in [1.165, 1.54) is 18.4 Å². The van der Waals surface area contributed by atoms with Crippen LogP contribution in [-0.4, -0.2) is 12.6 Å². The van der Waals surface area contributed by atoms with Crippen LogP contribution in [0.4, 0.5) is 0 Å². The van der Waals surface area contributed by atoms with Crippen LogP contribution < -0.4 is 10.1 Å². The van der Waals surface area contributed by atoms with Gasteiger partial charge in [-0.05, 0) is 52.9 Å². The molecule has 1 aromatic rings. The van der Waals surface area contributed by atoms with Crippen LogP contribution in [0.1, 0.15) is 31.2 Å². The molecule has 4 heteroatoms. The first kappa shape index (κ1) is 13.4. The van der Waals surface area contributed by atoms with Gasteiger partial charge in [0.2, 0.25) is 0 Å². The molecule has 1 fully saturated rings. The lowest BCUT2D eigenvalue weighted by molar-refractivity contribution is 0.310. The number of nitrogens with one attached hydrogen (secondary N) is 1. The van der Waals surface area contributed by atoms with E-state index in [2.05, 4.69) is 39.4 Å². The van der Waals surface area contributed by atoms with E-state index in [4.69, 9.17) is 10.00 Å². The van der Waals surface area contributed by atoms with Gasteiger partial charge in [-0.1, -0.05) is 6.07 Å². The quantitative estimate of drug-likeness (QED) is 0.785. The summed E-state index contributed by atoms with van der Waals surface area (Å²) in [6, 6.07) is 9.00. The summed E-state index contributed by atoms with van der Waals surface area (Å²) in [5.74, 6) is 0.850. The average molecular weight is 309 g/mol. The van der Waals surface area contributed by atoms with Crippen LogP contribution in [0.5, 0.6) is 5.75 Å². The Morgan fingerprint density at radius 1 is 1.44 bits per heavy atom. The molecule has 1 saturated carbocycles. The fraction of sp³-hybridized carbons (Fsp3) is 0.500. The molecule has 0 unspecified atom stereocenters. The number of ether oxygens (including phenoxy) is 1.